The van der Waals surface area contributed by atoms with Crippen molar-refractivity contribution < 1.29 is 13.3 Å². The topological polar surface area (TPSA) is 52.3 Å². The second-order valence-electron chi connectivity index (χ2n) is 15.7. The molecular formula is C55H29NO3. The van der Waals surface area contributed by atoms with E-state index in [1.807, 2.05) is 24.3 Å². The van der Waals surface area contributed by atoms with Crippen LogP contribution in [-0.2, 0) is 0 Å². The van der Waals surface area contributed by atoms with Crippen LogP contribution < -0.4 is 0 Å². The Labute approximate surface area is 335 Å². The molecule has 0 aliphatic carbocycles. The summed E-state index contributed by atoms with van der Waals surface area (Å²) in [4.78, 5) is 5.70. The molecule has 0 aliphatic heterocycles. The van der Waals surface area contributed by atoms with E-state index in [1.54, 1.807) is 0 Å². The van der Waals surface area contributed by atoms with Gasteiger partial charge in [-0.3, -0.25) is 0 Å². The average molecular weight is 752 g/mol. The summed E-state index contributed by atoms with van der Waals surface area (Å²) in [5, 5.41) is 16.5. The zero-order valence-electron chi connectivity index (χ0n) is 31.4. The van der Waals surface area contributed by atoms with Gasteiger partial charge in [0.05, 0.1) is 11.1 Å². The van der Waals surface area contributed by atoms with Gasteiger partial charge in [0.25, 0.3) is 0 Å². The van der Waals surface area contributed by atoms with Crippen LogP contribution in [0.4, 0.5) is 0 Å². The van der Waals surface area contributed by atoms with E-state index in [4.69, 9.17) is 18.2 Å². The Hall–Kier alpha value is -7.95. The fourth-order valence-electron chi connectivity index (χ4n) is 10.1. The highest BCUT2D eigenvalue weighted by Gasteiger charge is 2.27. The molecule has 14 rings (SSSR count). The van der Waals surface area contributed by atoms with Crippen molar-refractivity contribution in [1.82, 2.24) is 4.98 Å². The summed E-state index contributed by atoms with van der Waals surface area (Å²) in [6.07, 6.45) is 0. The highest BCUT2D eigenvalue weighted by Crippen LogP contribution is 2.51. The SMILES string of the molecule is c1ccc2c(c1)ccc1oc3c(-c4c5ccccc5c(-c5nc6c(ccc7c8ccccc8oc76)c6oc7ccccc7c56)c5ccccc45)cc4ccccc4c3c12. The van der Waals surface area contributed by atoms with E-state index in [1.165, 1.54) is 21.5 Å². The summed E-state index contributed by atoms with van der Waals surface area (Å²) in [6.45, 7) is 0. The minimum atomic E-state index is 0.758. The van der Waals surface area contributed by atoms with Gasteiger partial charge in [-0.25, -0.2) is 4.98 Å². The number of para-hydroxylation sites is 2. The summed E-state index contributed by atoms with van der Waals surface area (Å²) in [6, 6.07) is 62.3. The highest BCUT2D eigenvalue weighted by molar-refractivity contribution is 6.33. The Bertz CT molecular complexity index is 4090. The van der Waals surface area contributed by atoms with Crippen LogP contribution in [0, 0.1) is 0 Å². The molecule has 0 saturated heterocycles. The predicted molar refractivity (Wildman–Crippen MR) is 244 cm³/mol. The lowest BCUT2D eigenvalue weighted by atomic mass is 9.85. The molecule has 4 heteroatoms. The first-order valence-corrected chi connectivity index (χ1v) is 20.0. The van der Waals surface area contributed by atoms with Crippen LogP contribution in [0.25, 0.3) is 142 Å². The number of hydrogen-bond donors (Lipinski definition) is 0. The number of aromatic nitrogens is 1. The number of furan rings is 3. The normalized spacial score (nSPS) is 12.4. The van der Waals surface area contributed by atoms with E-state index in [9.17, 15) is 0 Å². The first kappa shape index (κ1) is 31.2. The first-order valence-electron chi connectivity index (χ1n) is 20.0. The van der Waals surface area contributed by atoms with Crippen LogP contribution in [0.3, 0.4) is 0 Å². The van der Waals surface area contributed by atoms with Gasteiger partial charge in [0.15, 0.2) is 5.58 Å². The molecule has 0 amide bonds. The van der Waals surface area contributed by atoms with E-state index < -0.39 is 0 Å². The number of pyridine rings is 1. The van der Waals surface area contributed by atoms with E-state index in [0.717, 1.165) is 121 Å². The van der Waals surface area contributed by atoms with Crippen LogP contribution in [-0.4, -0.2) is 4.98 Å². The Morgan fingerprint density at radius 2 is 0.831 bits per heavy atom. The highest BCUT2D eigenvalue weighted by atomic mass is 16.3. The Balaban J connectivity index is 1.17. The lowest BCUT2D eigenvalue weighted by Gasteiger charge is -2.18. The largest absolute Gasteiger partial charge is 0.455 e. The van der Waals surface area contributed by atoms with Crippen molar-refractivity contribution in [3.63, 3.8) is 0 Å². The van der Waals surface area contributed by atoms with Crippen molar-refractivity contribution >= 4 is 120 Å². The van der Waals surface area contributed by atoms with E-state index in [2.05, 4.69) is 152 Å². The fourth-order valence-corrected chi connectivity index (χ4v) is 10.1. The van der Waals surface area contributed by atoms with Gasteiger partial charge in [-0.15, -0.1) is 0 Å². The number of nitrogens with zero attached hydrogens (tertiary/aromatic N) is 1. The summed E-state index contributed by atoms with van der Waals surface area (Å²) < 4.78 is 20.5. The second kappa shape index (κ2) is 11.3. The van der Waals surface area contributed by atoms with Gasteiger partial charge in [0.1, 0.15) is 33.4 Å². The molecule has 4 aromatic heterocycles. The van der Waals surface area contributed by atoms with E-state index in [0.29, 0.717) is 0 Å². The van der Waals surface area contributed by atoms with Crippen LogP contribution >= 0.6 is 0 Å². The molecule has 0 radical (unpaired) electrons. The fraction of sp³-hybridized carbons (Fsp3) is 0. The van der Waals surface area contributed by atoms with Gasteiger partial charge in [-0.1, -0.05) is 140 Å². The van der Waals surface area contributed by atoms with Gasteiger partial charge < -0.3 is 13.3 Å². The van der Waals surface area contributed by atoms with Crippen LogP contribution in [0.5, 0.6) is 0 Å². The molecule has 10 aromatic carbocycles. The summed E-state index contributed by atoms with van der Waals surface area (Å²) in [5.74, 6) is 0. The summed E-state index contributed by atoms with van der Waals surface area (Å²) in [5.41, 5.74) is 9.88. The maximum atomic E-state index is 7.04. The van der Waals surface area contributed by atoms with Gasteiger partial charge >= 0.3 is 0 Å². The number of hydrogen-bond acceptors (Lipinski definition) is 4. The quantitative estimate of drug-likeness (QED) is 0.165. The Morgan fingerprint density at radius 3 is 1.56 bits per heavy atom. The van der Waals surface area contributed by atoms with Crippen LogP contribution in [0.2, 0.25) is 0 Å². The molecule has 0 bridgehead atoms. The lowest BCUT2D eigenvalue weighted by Crippen LogP contribution is -1.94. The van der Waals surface area contributed by atoms with Crippen molar-refractivity contribution in [2.45, 2.75) is 0 Å². The molecule has 59 heavy (non-hydrogen) atoms. The average Bonchev–Trinajstić information content (AvgIpc) is 4.00. The molecule has 272 valence electrons. The van der Waals surface area contributed by atoms with E-state index in [-0.39, 0.29) is 0 Å². The van der Waals surface area contributed by atoms with Crippen molar-refractivity contribution in [2.24, 2.45) is 0 Å². The molecule has 0 unspecified atom stereocenters. The smallest absolute Gasteiger partial charge is 0.161 e. The third-order valence-electron chi connectivity index (χ3n) is 12.6. The van der Waals surface area contributed by atoms with Gasteiger partial charge in [0, 0.05) is 49.0 Å². The minimum absolute atomic E-state index is 0.758. The monoisotopic (exact) mass is 751 g/mol. The Kier molecular flexibility index (Phi) is 5.99. The standard InChI is InChI=1S/C55H29NO3/c1-3-15-32-30(13-1)25-28-45-48(32)49-33-16-4-2-14-31(33)29-42(54(49)59-45)46-35-18-5-7-20-37(35)47(38-21-8-6-19-36(38)46)52-50-40-22-10-12-24-44(40)57-53(50)41-27-26-39-34-17-9-11-23-43(34)58-55(39)51(41)56-52/h1-29H. The molecule has 0 aliphatic rings. The Morgan fingerprint density at radius 1 is 0.305 bits per heavy atom. The minimum Gasteiger partial charge on any atom is -0.455 e. The van der Waals surface area contributed by atoms with Gasteiger partial charge in [-0.05, 0) is 79.5 Å². The van der Waals surface area contributed by atoms with Crippen molar-refractivity contribution in [3.8, 4) is 22.4 Å². The first-order chi connectivity index (χ1) is 29.3. The molecule has 0 N–H and O–H groups in total. The predicted octanol–water partition coefficient (Wildman–Crippen LogP) is 15.9. The van der Waals surface area contributed by atoms with Gasteiger partial charge in [0.2, 0.25) is 0 Å². The zero-order valence-corrected chi connectivity index (χ0v) is 31.4. The number of benzene rings is 10. The molecule has 0 spiro atoms. The lowest BCUT2D eigenvalue weighted by molar-refractivity contribution is 0.668. The molecule has 4 nitrogen and oxygen atoms in total. The van der Waals surface area contributed by atoms with Crippen LogP contribution in [0.1, 0.15) is 0 Å². The maximum Gasteiger partial charge on any atom is 0.161 e. The molecule has 4 heterocycles. The third kappa shape index (κ3) is 4.09. The molecule has 0 atom stereocenters. The van der Waals surface area contributed by atoms with Crippen molar-refractivity contribution in [2.75, 3.05) is 0 Å². The number of fused-ring (bicyclic) bond motifs is 18. The summed E-state index contributed by atoms with van der Waals surface area (Å²) in [7, 11) is 0. The molecule has 14 aromatic rings. The van der Waals surface area contributed by atoms with Crippen molar-refractivity contribution in [3.05, 3.63) is 176 Å². The second-order valence-corrected chi connectivity index (χ2v) is 15.7. The van der Waals surface area contributed by atoms with E-state index >= 15 is 0 Å². The zero-order chi connectivity index (χ0) is 38.3. The van der Waals surface area contributed by atoms with Crippen molar-refractivity contribution in [1.29, 1.82) is 0 Å². The molecule has 0 saturated carbocycles. The third-order valence-corrected chi connectivity index (χ3v) is 12.6. The van der Waals surface area contributed by atoms with Gasteiger partial charge in [-0.2, -0.15) is 0 Å². The molecular weight excluding hydrogens is 723 g/mol. The van der Waals surface area contributed by atoms with Crippen LogP contribution in [0.15, 0.2) is 189 Å². The summed E-state index contributed by atoms with van der Waals surface area (Å²) >= 11 is 0. The maximum absolute atomic E-state index is 7.04. The molecule has 0 fully saturated rings. The number of rotatable bonds is 2.